The van der Waals surface area contributed by atoms with Crippen molar-refractivity contribution in [1.82, 2.24) is 19.0 Å². The third kappa shape index (κ3) is 6.64. The van der Waals surface area contributed by atoms with Gasteiger partial charge in [-0.3, -0.25) is 4.90 Å². The van der Waals surface area contributed by atoms with Crippen molar-refractivity contribution < 1.29 is 35.2 Å². The zero-order valence-electron chi connectivity index (χ0n) is 21.3. The maximum absolute atomic E-state index is 14.3. The Bertz CT molecular complexity index is 1340. The molecule has 0 radical (unpaired) electrons. The molecule has 2 saturated heterocycles. The van der Waals surface area contributed by atoms with E-state index in [2.05, 4.69) is 0 Å². The van der Waals surface area contributed by atoms with Gasteiger partial charge < -0.3 is 9.80 Å². The van der Waals surface area contributed by atoms with Crippen molar-refractivity contribution >= 4 is 27.7 Å². The molecule has 14 heteroatoms. The number of piperazine rings is 1. The van der Waals surface area contributed by atoms with Gasteiger partial charge in [0.15, 0.2) is 0 Å². The first-order chi connectivity index (χ1) is 18.1. The fourth-order valence-corrected chi connectivity index (χ4v) is 6.11. The lowest BCUT2D eigenvalue weighted by atomic mass is 9.93. The van der Waals surface area contributed by atoms with Crippen LogP contribution in [0.25, 0.3) is 0 Å². The molecule has 0 aliphatic carbocycles. The number of alkyl halides is 3. The van der Waals surface area contributed by atoms with Crippen molar-refractivity contribution in [3.8, 4) is 0 Å². The standard InChI is InChI=1S/C25H28ClF5N4O3S/c1-32(13-16-3-5-19(21(27)11-16)25(29,30)31)23-15-34(14-18(23)17-4-6-20(26)22(28)12-17)24(36)33-7-9-35(10-8-33)39(2,37)38/h3-6,11-12,18,23H,7-10,13-15H2,1-2H3/t18-,23?/m1/s1. The fourth-order valence-electron chi connectivity index (χ4n) is 5.16. The smallest absolute Gasteiger partial charge is 0.322 e. The fraction of sp³-hybridized carbons (Fsp3) is 0.480. The number of nitrogens with zero attached hydrogens (tertiary/aromatic N) is 4. The highest BCUT2D eigenvalue weighted by atomic mass is 35.5. The molecule has 0 N–H and O–H groups in total. The maximum atomic E-state index is 14.3. The van der Waals surface area contributed by atoms with E-state index in [9.17, 15) is 35.2 Å². The first-order valence-corrected chi connectivity index (χ1v) is 14.4. The summed E-state index contributed by atoms with van der Waals surface area (Å²) in [6, 6.07) is 6.46. The zero-order chi connectivity index (χ0) is 28.7. The number of hydrogen-bond acceptors (Lipinski definition) is 4. The van der Waals surface area contributed by atoms with Crippen LogP contribution in [0, 0.1) is 11.6 Å². The van der Waals surface area contributed by atoms with E-state index >= 15 is 0 Å². The number of urea groups is 1. The normalized spacial score (nSPS) is 21.2. The molecule has 2 amide bonds. The molecule has 39 heavy (non-hydrogen) atoms. The second-order valence-electron chi connectivity index (χ2n) is 9.91. The van der Waals surface area contributed by atoms with Crippen molar-refractivity contribution in [3.63, 3.8) is 0 Å². The summed E-state index contributed by atoms with van der Waals surface area (Å²) in [5.74, 6) is -2.37. The molecular weight excluding hydrogens is 567 g/mol. The van der Waals surface area contributed by atoms with Crippen molar-refractivity contribution in [2.75, 3.05) is 52.6 Å². The third-order valence-corrected chi connectivity index (χ3v) is 8.86. The van der Waals surface area contributed by atoms with E-state index in [1.54, 1.807) is 27.8 Å². The molecule has 0 aromatic heterocycles. The van der Waals surface area contributed by atoms with E-state index < -0.39 is 33.4 Å². The van der Waals surface area contributed by atoms with Crippen LogP contribution in [0.1, 0.15) is 22.6 Å². The number of rotatable bonds is 5. The topological polar surface area (TPSA) is 64.2 Å². The summed E-state index contributed by atoms with van der Waals surface area (Å²) in [5.41, 5.74) is -0.452. The summed E-state index contributed by atoms with van der Waals surface area (Å²) in [7, 11) is -1.66. The molecule has 4 rings (SSSR count). The quantitative estimate of drug-likeness (QED) is 0.486. The van der Waals surface area contributed by atoms with Gasteiger partial charge in [0.1, 0.15) is 11.6 Å². The Labute approximate surface area is 228 Å². The number of halogens is 6. The molecule has 2 heterocycles. The minimum absolute atomic E-state index is 0.0569. The first kappa shape index (κ1) is 29.5. The van der Waals surface area contributed by atoms with Gasteiger partial charge in [0.25, 0.3) is 0 Å². The van der Waals surface area contributed by atoms with Gasteiger partial charge in [-0.25, -0.2) is 22.0 Å². The minimum Gasteiger partial charge on any atom is -0.322 e. The molecule has 2 atom stereocenters. The molecule has 2 aromatic carbocycles. The molecule has 2 aliphatic rings. The molecule has 2 aromatic rings. The van der Waals surface area contributed by atoms with Crippen LogP contribution >= 0.6 is 11.6 Å². The highest BCUT2D eigenvalue weighted by molar-refractivity contribution is 7.88. The molecule has 0 saturated carbocycles. The maximum Gasteiger partial charge on any atom is 0.419 e. The van der Waals surface area contributed by atoms with Crippen LogP contribution in [0.15, 0.2) is 36.4 Å². The van der Waals surface area contributed by atoms with Crippen LogP contribution in [-0.2, 0) is 22.7 Å². The second-order valence-corrected chi connectivity index (χ2v) is 12.3. The van der Waals surface area contributed by atoms with E-state index in [-0.39, 0.29) is 68.8 Å². The Morgan fingerprint density at radius 1 is 1.00 bits per heavy atom. The Balaban J connectivity index is 1.54. The number of likely N-dealkylation sites (tertiary alicyclic amines) is 1. The van der Waals surface area contributed by atoms with Gasteiger partial charge in [0.2, 0.25) is 10.0 Å². The van der Waals surface area contributed by atoms with Gasteiger partial charge in [0, 0.05) is 57.8 Å². The summed E-state index contributed by atoms with van der Waals surface area (Å²) in [5, 5.41) is -0.0569. The zero-order valence-corrected chi connectivity index (χ0v) is 22.8. The Hall–Kier alpha value is -2.48. The Morgan fingerprint density at radius 2 is 1.67 bits per heavy atom. The molecule has 0 bridgehead atoms. The molecule has 7 nitrogen and oxygen atoms in total. The van der Waals surface area contributed by atoms with Crippen molar-refractivity contribution in [3.05, 3.63) is 69.7 Å². The van der Waals surface area contributed by atoms with Gasteiger partial charge in [-0.1, -0.05) is 23.7 Å². The number of hydrogen-bond donors (Lipinski definition) is 0. The number of carbonyl (C=O) groups excluding carboxylic acids is 1. The van der Waals surface area contributed by atoms with Crippen LogP contribution < -0.4 is 0 Å². The Morgan fingerprint density at radius 3 is 2.23 bits per heavy atom. The highest BCUT2D eigenvalue weighted by Gasteiger charge is 2.41. The lowest BCUT2D eigenvalue weighted by molar-refractivity contribution is -0.140. The average Bonchev–Trinajstić information content (AvgIpc) is 3.30. The second kappa shape index (κ2) is 11.2. The van der Waals surface area contributed by atoms with E-state index in [0.717, 1.165) is 12.3 Å². The minimum atomic E-state index is -4.81. The van der Waals surface area contributed by atoms with Gasteiger partial charge in [-0.05, 0) is 42.4 Å². The summed E-state index contributed by atoms with van der Waals surface area (Å²) in [6.45, 7) is 1.31. The number of benzene rings is 2. The summed E-state index contributed by atoms with van der Waals surface area (Å²) in [6.07, 6.45) is -3.69. The van der Waals surface area contributed by atoms with Crippen LogP contribution in [0.3, 0.4) is 0 Å². The molecular formula is C25H28ClF5N4O3S. The Kier molecular flexibility index (Phi) is 8.46. The lowest BCUT2D eigenvalue weighted by Crippen LogP contribution is -2.53. The van der Waals surface area contributed by atoms with Gasteiger partial charge >= 0.3 is 12.2 Å². The number of carbonyl (C=O) groups is 1. The third-order valence-electron chi connectivity index (χ3n) is 7.25. The predicted octanol–water partition coefficient (Wildman–Crippen LogP) is 4.23. The van der Waals surface area contributed by atoms with Crippen molar-refractivity contribution in [1.29, 1.82) is 0 Å². The number of amides is 2. The SMILES string of the molecule is CN(Cc1ccc(C(F)(F)F)c(F)c1)C1CN(C(=O)N2CCN(S(C)(=O)=O)CC2)C[C@@H]1c1ccc(Cl)c(F)c1. The number of sulfonamides is 1. The van der Waals surface area contributed by atoms with Crippen LogP contribution in [0.5, 0.6) is 0 Å². The van der Waals surface area contributed by atoms with Crippen molar-refractivity contribution in [2.45, 2.75) is 24.7 Å². The number of likely N-dealkylation sites (N-methyl/N-ethyl adjacent to an activating group) is 1. The molecule has 2 fully saturated rings. The van der Waals surface area contributed by atoms with Crippen LogP contribution in [0.4, 0.5) is 26.7 Å². The molecule has 1 unspecified atom stereocenters. The molecule has 214 valence electrons. The van der Waals surface area contributed by atoms with Crippen LogP contribution in [0.2, 0.25) is 5.02 Å². The van der Waals surface area contributed by atoms with E-state index in [0.29, 0.717) is 17.2 Å². The van der Waals surface area contributed by atoms with E-state index in [1.165, 1.54) is 22.5 Å². The van der Waals surface area contributed by atoms with Gasteiger partial charge in [0.05, 0.1) is 16.8 Å². The monoisotopic (exact) mass is 594 g/mol. The van der Waals surface area contributed by atoms with Gasteiger partial charge in [-0.2, -0.15) is 17.5 Å². The average molecular weight is 595 g/mol. The van der Waals surface area contributed by atoms with Gasteiger partial charge in [-0.15, -0.1) is 0 Å². The van der Waals surface area contributed by atoms with E-state index in [1.807, 2.05) is 0 Å². The van der Waals surface area contributed by atoms with Crippen molar-refractivity contribution in [2.24, 2.45) is 0 Å². The summed E-state index contributed by atoms with van der Waals surface area (Å²) >= 11 is 5.86. The van der Waals surface area contributed by atoms with E-state index in [4.69, 9.17) is 11.6 Å². The lowest BCUT2D eigenvalue weighted by Gasteiger charge is -2.35. The molecule has 0 spiro atoms. The molecule has 2 aliphatic heterocycles. The summed E-state index contributed by atoms with van der Waals surface area (Å²) < 4.78 is 92.4. The predicted molar refractivity (Wildman–Crippen MR) is 136 cm³/mol. The summed E-state index contributed by atoms with van der Waals surface area (Å²) in [4.78, 5) is 18.3. The van der Waals surface area contributed by atoms with Crippen LogP contribution in [-0.4, -0.2) is 92.1 Å². The largest absolute Gasteiger partial charge is 0.419 e. The first-order valence-electron chi connectivity index (χ1n) is 12.1. The highest BCUT2D eigenvalue weighted by Crippen LogP contribution is 2.35.